The lowest BCUT2D eigenvalue weighted by Crippen LogP contribution is -2.16. The molecular weight excluding hydrogens is 752 g/mol. The van der Waals surface area contributed by atoms with Crippen LogP contribution in [0.1, 0.15) is 58.2 Å². The zero-order valence-corrected chi connectivity index (χ0v) is 33.6. The van der Waals surface area contributed by atoms with E-state index in [0.29, 0.717) is 0 Å². The number of rotatable bonds is 6. The van der Waals surface area contributed by atoms with Gasteiger partial charge in [-0.05, 0) is 108 Å². The fourth-order valence-corrected chi connectivity index (χ4v) is 7.47. The molecule has 0 radical (unpaired) electrons. The smallest absolute Gasteiger partial charge is 0.0620 e. The summed E-state index contributed by atoms with van der Waals surface area (Å²) in [6.45, 7) is 15.8. The van der Waals surface area contributed by atoms with Crippen LogP contribution in [0, 0.1) is 6.92 Å². The second-order valence-electron chi connectivity index (χ2n) is 15.5. The van der Waals surface area contributed by atoms with Crippen LogP contribution >= 0.6 is 31.9 Å². The lowest BCUT2D eigenvalue weighted by molar-refractivity contribution is 0.590. The van der Waals surface area contributed by atoms with Crippen molar-refractivity contribution in [1.82, 2.24) is 0 Å². The first-order chi connectivity index (χ1) is 24.3. The molecule has 0 N–H and O–H groups in total. The van der Waals surface area contributed by atoms with Gasteiger partial charge >= 0.3 is 0 Å². The van der Waals surface area contributed by atoms with E-state index in [1.165, 1.54) is 38.2 Å². The summed E-state index contributed by atoms with van der Waals surface area (Å²) >= 11 is 7.38. The Balaban J connectivity index is 1.58. The standard InChI is InChI=1S/C47H44Br2N2/c1-31-12-29-42-43(30-31)45(51(39-27-19-35(49)20-28-39)37-23-15-33(16-24-37)47(5,6)7)41-11-9-8-10-40(41)44(42)50(38-25-17-34(48)18-26-38)36-21-13-32(14-22-36)46(2,3)4/h8-30H,1-7H3. The first kappa shape index (κ1) is 35.0. The molecule has 0 saturated heterocycles. The summed E-state index contributed by atoms with van der Waals surface area (Å²) in [5.41, 5.74) is 10.7. The highest BCUT2D eigenvalue weighted by atomic mass is 79.9. The van der Waals surface area contributed by atoms with Crippen LogP contribution in [0.15, 0.2) is 148 Å². The van der Waals surface area contributed by atoms with Gasteiger partial charge in [0, 0.05) is 53.2 Å². The van der Waals surface area contributed by atoms with Gasteiger partial charge < -0.3 is 9.80 Å². The minimum absolute atomic E-state index is 0.0562. The summed E-state index contributed by atoms with van der Waals surface area (Å²) in [5, 5.41) is 4.74. The van der Waals surface area contributed by atoms with Crippen molar-refractivity contribution < 1.29 is 0 Å². The number of nitrogens with zero attached hydrogens (tertiary/aromatic N) is 2. The van der Waals surface area contributed by atoms with E-state index in [4.69, 9.17) is 0 Å². The van der Waals surface area contributed by atoms with E-state index in [2.05, 4.69) is 230 Å². The number of benzene rings is 7. The Kier molecular flexibility index (Phi) is 9.37. The van der Waals surface area contributed by atoms with Gasteiger partial charge in [-0.25, -0.2) is 0 Å². The van der Waals surface area contributed by atoms with Crippen LogP contribution in [0.3, 0.4) is 0 Å². The molecule has 2 nitrogen and oxygen atoms in total. The number of halogens is 2. The molecule has 0 aliphatic carbocycles. The first-order valence-corrected chi connectivity index (χ1v) is 19.2. The van der Waals surface area contributed by atoms with Crippen LogP contribution in [-0.4, -0.2) is 0 Å². The maximum atomic E-state index is 3.69. The average molecular weight is 797 g/mol. The molecule has 0 bridgehead atoms. The van der Waals surface area contributed by atoms with E-state index >= 15 is 0 Å². The van der Waals surface area contributed by atoms with Gasteiger partial charge in [-0.15, -0.1) is 0 Å². The Labute approximate surface area is 320 Å². The molecule has 4 heteroatoms. The number of aryl methyl sites for hydroxylation is 1. The highest BCUT2D eigenvalue weighted by Gasteiger charge is 2.26. The third-order valence-electron chi connectivity index (χ3n) is 9.72. The van der Waals surface area contributed by atoms with E-state index in [1.54, 1.807) is 0 Å². The zero-order valence-electron chi connectivity index (χ0n) is 30.4. The van der Waals surface area contributed by atoms with Crippen molar-refractivity contribution in [3.05, 3.63) is 165 Å². The summed E-state index contributed by atoms with van der Waals surface area (Å²) < 4.78 is 2.11. The summed E-state index contributed by atoms with van der Waals surface area (Å²) in [7, 11) is 0. The molecule has 0 heterocycles. The monoisotopic (exact) mass is 794 g/mol. The molecule has 0 fully saturated rings. The Morgan fingerprint density at radius 1 is 0.392 bits per heavy atom. The van der Waals surface area contributed by atoms with E-state index < -0.39 is 0 Å². The quantitative estimate of drug-likeness (QED) is 0.122. The number of fused-ring (bicyclic) bond motifs is 2. The topological polar surface area (TPSA) is 6.48 Å². The predicted octanol–water partition coefficient (Wildman–Crippen LogP) is 15.4. The van der Waals surface area contributed by atoms with Crippen LogP contribution in [0.4, 0.5) is 34.1 Å². The van der Waals surface area contributed by atoms with Crippen molar-refractivity contribution in [2.45, 2.75) is 59.3 Å². The van der Waals surface area contributed by atoms with Gasteiger partial charge in [0.05, 0.1) is 11.4 Å². The van der Waals surface area contributed by atoms with E-state index in [1.807, 2.05) is 0 Å². The Hall–Kier alpha value is -4.38. The lowest BCUT2D eigenvalue weighted by Gasteiger charge is -2.33. The SMILES string of the molecule is Cc1ccc2c(N(c3ccc(Br)cc3)c3ccc(C(C)(C)C)cc3)c3ccccc3c(N(c3ccc(Br)cc3)c3ccc(C(C)(C)C)cc3)c2c1. The van der Waals surface area contributed by atoms with Crippen LogP contribution < -0.4 is 9.80 Å². The molecule has 256 valence electrons. The molecule has 7 rings (SSSR count). The molecule has 7 aromatic carbocycles. The maximum Gasteiger partial charge on any atom is 0.0620 e. The summed E-state index contributed by atoms with van der Waals surface area (Å²) in [5.74, 6) is 0. The van der Waals surface area contributed by atoms with E-state index in [-0.39, 0.29) is 10.8 Å². The molecule has 0 aliphatic rings. The largest absolute Gasteiger partial charge is 0.309 e. The Morgan fingerprint density at radius 2 is 0.725 bits per heavy atom. The number of anilines is 6. The Morgan fingerprint density at radius 3 is 1.10 bits per heavy atom. The number of hydrogen-bond donors (Lipinski definition) is 0. The maximum absolute atomic E-state index is 3.69. The van der Waals surface area contributed by atoms with Gasteiger partial charge in [0.2, 0.25) is 0 Å². The van der Waals surface area contributed by atoms with Gasteiger partial charge in [-0.2, -0.15) is 0 Å². The highest BCUT2D eigenvalue weighted by Crippen LogP contribution is 2.51. The first-order valence-electron chi connectivity index (χ1n) is 17.6. The van der Waals surface area contributed by atoms with Crippen LogP contribution in [0.5, 0.6) is 0 Å². The van der Waals surface area contributed by atoms with Gasteiger partial charge in [-0.1, -0.05) is 140 Å². The van der Waals surface area contributed by atoms with Crippen molar-refractivity contribution in [2.75, 3.05) is 9.80 Å². The van der Waals surface area contributed by atoms with E-state index in [0.717, 1.165) is 43.1 Å². The lowest BCUT2D eigenvalue weighted by atomic mass is 9.87. The number of hydrogen-bond acceptors (Lipinski definition) is 2. The fourth-order valence-electron chi connectivity index (χ4n) is 6.94. The van der Waals surface area contributed by atoms with Crippen molar-refractivity contribution >= 4 is 87.5 Å². The molecule has 0 atom stereocenters. The molecular formula is C47H44Br2N2. The minimum Gasteiger partial charge on any atom is -0.309 e. The fraction of sp³-hybridized carbons (Fsp3) is 0.191. The van der Waals surface area contributed by atoms with Crippen molar-refractivity contribution in [1.29, 1.82) is 0 Å². The zero-order chi connectivity index (χ0) is 36.1. The van der Waals surface area contributed by atoms with Crippen molar-refractivity contribution in [3.63, 3.8) is 0 Å². The van der Waals surface area contributed by atoms with Crippen LogP contribution in [-0.2, 0) is 10.8 Å². The summed E-state index contributed by atoms with van der Waals surface area (Å²) in [6, 6.07) is 51.4. The van der Waals surface area contributed by atoms with Gasteiger partial charge in [0.1, 0.15) is 0 Å². The third kappa shape index (κ3) is 6.97. The molecule has 0 unspecified atom stereocenters. The summed E-state index contributed by atoms with van der Waals surface area (Å²) in [6.07, 6.45) is 0. The molecule has 7 aromatic rings. The second-order valence-corrected chi connectivity index (χ2v) is 17.3. The second kappa shape index (κ2) is 13.6. The normalized spacial score (nSPS) is 12.0. The third-order valence-corrected chi connectivity index (χ3v) is 10.8. The van der Waals surface area contributed by atoms with Gasteiger partial charge in [-0.3, -0.25) is 0 Å². The van der Waals surface area contributed by atoms with Crippen LogP contribution in [0.25, 0.3) is 21.5 Å². The van der Waals surface area contributed by atoms with E-state index in [9.17, 15) is 0 Å². The molecule has 51 heavy (non-hydrogen) atoms. The summed E-state index contributed by atoms with van der Waals surface area (Å²) in [4.78, 5) is 4.87. The highest BCUT2D eigenvalue weighted by molar-refractivity contribution is 9.10. The van der Waals surface area contributed by atoms with Crippen LogP contribution in [0.2, 0.25) is 0 Å². The van der Waals surface area contributed by atoms with Gasteiger partial charge in [0.15, 0.2) is 0 Å². The van der Waals surface area contributed by atoms with Crippen molar-refractivity contribution in [2.24, 2.45) is 0 Å². The minimum atomic E-state index is 0.0562. The molecule has 0 saturated carbocycles. The molecule has 0 aromatic heterocycles. The van der Waals surface area contributed by atoms with Crippen molar-refractivity contribution in [3.8, 4) is 0 Å². The predicted molar refractivity (Wildman–Crippen MR) is 228 cm³/mol. The average Bonchev–Trinajstić information content (AvgIpc) is 3.10. The molecule has 0 amide bonds. The molecule has 0 aliphatic heterocycles. The molecule has 0 spiro atoms. The van der Waals surface area contributed by atoms with Gasteiger partial charge in [0.25, 0.3) is 0 Å². The Bertz CT molecular complexity index is 2330.